The Morgan fingerprint density at radius 3 is 2.44 bits per heavy atom. The van der Waals surface area contributed by atoms with Gasteiger partial charge in [0.05, 0.1) is 13.5 Å². The van der Waals surface area contributed by atoms with Gasteiger partial charge >= 0.3 is 17.8 Å². The van der Waals surface area contributed by atoms with Crippen molar-refractivity contribution in [2.75, 3.05) is 12.4 Å². The first-order chi connectivity index (χ1) is 11.8. The number of ether oxygens (including phenoxy) is 1. The Hall–Kier alpha value is -2.62. The lowest BCUT2D eigenvalue weighted by atomic mass is 10.1. The standard InChI is InChI=1S/C15H14F3N3O3S/c1-24-12(23)14(15(16,17)18,21-13-19-7-8-25-13)20-11(22)9-10-5-3-2-4-6-10/h2-8H,9H2,1H3,(H,19,21)(H,20,22)/t14-/m1/s1. The van der Waals surface area contributed by atoms with Gasteiger partial charge in [0.25, 0.3) is 0 Å². The number of carbonyl (C=O) groups excluding carboxylic acids is 2. The number of carbonyl (C=O) groups is 2. The lowest BCUT2D eigenvalue weighted by Crippen LogP contribution is -2.69. The van der Waals surface area contributed by atoms with Crippen LogP contribution in [0.3, 0.4) is 0 Å². The minimum Gasteiger partial charge on any atom is -0.466 e. The molecule has 0 saturated heterocycles. The number of methoxy groups -OCH3 is 1. The largest absolute Gasteiger partial charge is 0.466 e. The number of halogens is 3. The van der Waals surface area contributed by atoms with Crippen LogP contribution in [0.25, 0.3) is 0 Å². The molecule has 0 unspecified atom stereocenters. The Morgan fingerprint density at radius 1 is 1.24 bits per heavy atom. The van der Waals surface area contributed by atoms with Crippen molar-refractivity contribution in [1.82, 2.24) is 10.3 Å². The zero-order chi connectivity index (χ0) is 18.5. The van der Waals surface area contributed by atoms with Crippen LogP contribution in [0.1, 0.15) is 5.56 Å². The van der Waals surface area contributed by atoms with E-state index in [0.717, 1.165) is 18.4 Å². The Kier molecular flexibility index (Phi) is 5.62. The molecule has 10 heteroatoms. The average Bonchev–Trinajstić information content (AvgIpc) is 3.06. The van der Waals surface area contributed by atoms with Crippen molar-refractivity contribution in [3.63, 3.8) is 0 Å². The molecular formula is C15H14F3N3O3S. The number of thiazole rings is 1. The van der Waals surface area contributed by atoms with E-state index < -0.39 is 23.7 Å². The van der Waals surface area contributed by atoms with Crippen LogP contribution in [0.5, 0.6) is 0 Å². The molecule has 0 aliphatic heterocycles. The summed E-state index contributed by atoms with van der Waals surface area (Å²) in [4.78, 5) is 27.8. The van der Waals surface area contributed by atoms with Crippen LogP contribution in [-0.2, 0) is 20.7 Å². The molecule has 0 aliphatic rings. The minimum atomic E-state index is -5.17. The van der Waals surface area contributed by atoms with Crippen LogP contribution in [0, 0.1) is 0 Å². The van der Waals surface area contributed by atoms with Gasteiger partial charge in [-0.3, -0.25) is 4.79 Å². The molecule has 25 heavy (non-hydrogen) atoms. The molecule has 2 N–H and O–H groups in total. The Morgan fingerprint density at radius 2 is 1.92 bits per heavy atom. The van der Waals surface area contributed by atoms with Gasteiger partial charge in [-0.2, -0.15) is 13.2 Å². The van der Waals surface area contributed by atoms with Crippen molar-refractivity contribution in [3.05, 3.63) is 47.5 Å². The van der Waals surface area contributed by atoms with Crippen LogP contribution in [0.2, 0.25) is 0 Å². The van der Waals surface area contributed by atoms with E-state index in [1.807, 2.05) is 5.32 Å². The third-order valence-electron chi connectivity index (χ3n) is 3.18. The van der Waals surface area contributed by atoms with E-state index in [1.165, 1.54) is 11.6 Å². The van der Waals surface area contributed by atoms with E-state index in [1.54, 1.807) is 35.6 Å². The number of aromatic nitrogens is 1. The zero-order valence-electron chi connectivity index (χ0n) is 13.0. The number of esters is 1. The van der Waals surface area contributed by atoms with Gasteiger partial charge < -0.3 is 15.4 Å². The highest BCUT2D eigenvalue weighted by atomic mass is 32.1. The summed E-state index contributed by atoms with van der Waals surface area (Å²) in [6.07, 6.45) is -4.25. The fourth-order valence-electron chi connectivity index (χ4n) is 2.02. The first-order valence-electron chi connectivity index (χ1n) is 6.96. The molecule has 0 fully saturated rings. The van der Waals surface area contributed by atoms with Crippen LogP contribution in [-0.4, -0.2) is 35.8 Å². The minimum absolute atomic E-state index is 0.192. The number of hydrogen-bond donors (Lipinski definition) is 2. The van der Waals surface area contributed by atoms with Crippen molar-refractivity contribution in [3.8, 4) is 0 Å². The molecular weight excluding hydrogens is 359 g/mol. The fraction of sp³-hybridized carbons (Fsp3) is 0.267. The lowest BCUT2D eigenvalue weighted by Gasteiger charge is -2.34. The van der Waals surface area contributed by atoms with Gasteiger partial charge in [0.15, 0.2) is 5.13 Å². The molecule has 1 aromatic carbocycles. The molecule has 1 atom stereocenters. The summed E-state index contributed by atoms with van der Waals surface area (Å²) >= 11 is 0.844. The average molecular weight is 373 g/mol. The van der Waals surface area contributed by atoms with Gasteiger partial charge in [0.1, 0.15) is 0 Å². The second-order valence-corrected chi connectivity index (χ2v) is 5.81. The highest BCUT2D eigenvalue weighted by molar-refractivity contribution is 7.13. The maximum atomic E-state index is 13.7. The van der Waals surface area contributed by atoms with Crippen molar-refractivity contribution in [2.45, 2.75) is 18.3 Å². The van der Waals surface area contributed by atoms with E-state index >= 15 is 0 Å². The van der Waals surface area contributed by atoms with Crippen LogP contribution >= 0.6 is 11.3 Å². The van der Waals surface area contributed by atoms with E-state index in [2.05, 4.69) is 9.72 Å². The topological polar surface area (TPSA) is 80.3 Å². The predicted octanol–water partition coefficient (Wildman–Crippen LogP) is 2.35. The summed E-state index contributed by atoms with van der Waals surface area (Å²) < 4.78 is 45.4. The normalized spacial score (nSPS) is 13.6. The Bertz CT molecular complexity index is 723. The number of nitrogens with zero attached hydrogens (tertiary/aromatic N) is 1. The van der Waals surface area contributed by atoms with Crippen molar-refractivity contribution >= 4 is 28.3 Å². The van der Waals surface area contributed by atoms with Gasteiger partial charge in [0, 0.05) is 11.6 Å². The summed E-state index contributed by atoms with van der Waals surface area (Å²) in [6, 6.07) is 8.17. The number of rotatable bonds is 6. The summed E-state index contributed by atoms with van der Waals surface area (Å²) in [5.41, 5.74) is -2.94. The Labute approximate surface area is 145 Å². The summed E-state index contributed by atoms with van der Waals surface area (Å²) in [7, 11) is 0.801. The van der Waals surface area contributed by atoms with E-state index in [4.69, 9.17) is 0 Å². The smallest absolute Gasteiger partial charge is 0.442 e. The van der Waals surface area contributed by atoms with Crippen molar-refractivity contribution < 1.29 is 27.5 Å². The number of amides is 1. The molecule has 1 heterocycles. The number of alkyl halides is 3. The van der Waals surface area contributed by atoms with Crippen molar-refractivity contribution in [2.24, 2.45) is 0 Å². The van der Waals surface area contributed by atoms with Crippen LogP contribution in [0.4, 0.5) is 18.3 Å². The second-order valence-electron chi connectivity index (χ2n) is 4.91. The van der Waals surface area contributed by atoms with E-state index in [-0.39, 0.29) is 11.6 Å². The van der Waals surface area contributed by atoms with Gasteiger partial charge in [-0.15, -0.1) is 11.3 Å². The highest BCUT2D eigenvalue weighted by Crippen LogP contribution is 2.33. The van der Waals surface area contributed by atoms with Gasteiger partial charge in [0.2, 0.25) is 5.91 Å². The summed E-state index contributed by atoms with van der Waals surface area (Å²) in [5.74, 6) is -2.70. The van der Waals surface area contributed by atoms with Crippen LogP contribution in [0.15, 0.2) is 41.9 Å². The summed E-state index contributed by atoms with van der Waals surface area (Å²) in [5, 5.41) is 4.91. The van der Waals surface area contributed by atoms with Crippen LogP contribution < -0.4 is 10.6 Å². The fourth-order valence-corrected chi connectivity index (χ4v) is 2.61. The third-order valence-corrected chi connectivity index (χ3v) is 3.87. The molecule has 0 spiro atoms. The lowest BCUT2D eigenvalue weighted by molar-refractivity contribution is -0.206. The third kappa shape index (κ3) is 4.27. The molecule has 1 amide bonds. The maximum Gasteiger partial charge on any atom is 0.442 e. The molecule has 0 aliphatic carbocycles. The zero-order valence-corrected chi connectivity index (χ0v) is 13.8. The number of anilines is 1. The molecule has 2 rings (SSSR count). The summed E-state index contributed by atoms with van der Waals surface area (Å²) in [6.45, 7) is 0. The monoisotopic (exact) mass is 373 g/mol. The highest BCUT2D eigenvalue weighted by Gasteiger charge is 2.63. The molecule has 134 valence electrons. The number of hydrogen-bond acceptors (Lipinski definition) is 6. The molecule has 0 saturated carbocycles. The van der Waals surface area contributed by atoms with Gasteiger partial charge in [-0.25, -0.2) is 9.78 Å². The van der Waals surface area contributed by atoms with Gasteiger partial charge in [-0.1, -0.05) is 30.3 Å². The first kappa shape index (κ1) is 18.7. The SMILES string of the molecule is COC(=O)[C@@](NC(=O)Cc1ccccc1)(Nc1nccs1)C(F)(F)F. The first-order valence-corrected chi connectivity index (χ1v) is 7.84. The number of nitrogens with one attached hydrogen (secondary N) is 2. The predicted molar refractivity (Wildman–Crippen MR) is 84.8 cm³/mol. The van der Waals surface area contributed by atoms with E-state index in [9.17, 15) is 22.8 Å². The molecule has 1 aromatic heterocycles. The van der Waals surface area contributed by atoms with Gasteiger partial charge in [-0.05, 0) is 5.56 Å². The second kappa shape index (κ2) is 7.51. The maximum absolute atomic E-state index is 13.7. The molecule has 6 nitrogen and oxygen atoms in total. The molecule has 2 aromatic rings. The van der Waals surface area contributed by atoms with E-state index in [0.29, 0.717) is 5.56 Å². The van der Waals surface area contributed by atoms with Crippen molar-refractivity contribution in [1.29, 1.82) is 0 Å². The quantitative estimate of drug-likeness (QED) is 0.600. The Balaban J connectivity index is 2.32. The molecule has 0 bridgehead atoms. The molecule has 0 radical (unpaired) electrons. The number of benzene rings is 1.